The van der Waals surface area contributed by atoms with Gasteiger partial charge in [-0.05, 0) is 36.6 Å². The van der Waals surface area contributed by atoms with Crippen LogP contribution in [0.1, 0.15) is 89.5 Å². The van der Waals surface area contributed by atoms with Gasteiger partial charge in [-0.1, -0.05) is 102 Å². The van der Waals surface area contributed by atoms with Gasteiger partial charge in [0.2, 0.25) is 11.8 Å². The van der Waals surface area contributed by atoms with Crippen LogP contribution in [0, 0.1) is 6.92 Å². The highest BCUT2D eigenvalue weighted by Crippen LogP contribution is 2.26. The summed E-state index contributed by atoms with van der Waals surface area (Å²) in [5.41, 5.74) is 3.71. The molecule has 2 amide bonds. The molecule has 6 nitrogen and oxygen atoms in total. The number of aryl methyl sites for hydroxylation is 1. The van der Waals surface area contributed by atoms with E-state index in [1.165, 1.54) is 19.3 Å². The average Bonchev–Trinajstić information content (AvgIpc) is 3.30. The average molecular weight is 517 g/mol. The van der Waals surface area contributed by atoms with Crippen LogP contribution < -0.4 is 5.32 Å². The lowest BCUT2D eigenvalue weighted by Crippen LogP contribution is -2.37. The second kappa shape index (κ2) is 13.9. The van der Waals surface area contributed by atoms with Gasteiger partial charge in [-0.15, -0.1) is 0 Å². The molecule has 38 heavy (non-hydrogen) atoms. The Balaban J connectivity index is 1.75. The van der Waals surface area contributed by atoms with Crippen LogP contribution in [0.25, 0.3) is 5.69 Å². The van der Waals surface area contributed by atoms with Crippen molar-refractivity contribution in [2.75, 3.05) is 11.9 Å². The topological polar surface area (TPSA) is 67.2 Å². The zero-order valence-corrected chi connectivity index (χ0v) is 23.8. The van der Waals surface area contributed by atoms with Crippen LogP contribution in [0.3, 0.4) is 0 Å². The van der Waals surface area contributed by atoms with E-state index in [-0.39, 0.29) is 23.8 Å². The Morgan fingerprint density at radius 3 is 2.32 bits per heavy atom. The molecule has 0 aliphatic carbocycles. The fraction of sp³-hybridized carbons (Fsp3) is 0.469. The van der Waals surface area contributed by atoms with Gasteiger partial charge < -0.3 is 10.2 Å². The molecule has 0 atom stereocenters. The smallest absolute Gasteiger partial charge is 0.245 e. The number of nitrogens with one attached hydrogen (secondary N) is 1. The number of carbonyl (C=O) groups is 2. The number of rotatable bonds is 13. The van der Waals surface area contributed by atoms with Crippen molar-refractivity contribution in [3.8, 4) is 5.69 Å². The van der Waals surface area contributed by atoms with Gasteiger partial charge in [0.15, 0.2) is 0 Å². The van der Waals surface area contributed by atoms with Crippen LogP contribution in [-0.2, 0) is 21.5 Å². The lowest BCUT2D eigenvalue weighted by atomic mass is 9.92. The molecule has 3 rings (SSSR count). The van der Waals surface area contributed by atoms with Crippen molar-refractivity contribution in [2.24, 2.45) is 0 Å². The number of hydrogen-bond acceptors (Lipinski definition) is 3. The van der Waals surface area contributed by atoms with Crippen molar-refractivity contribution in [1.82, 2.24) is 14.7 Å². The molecule has 6 heteroatoms. The second-order valence-corrected chi connectivity index (χ2v) is 11.2. The lowest BCUT2D eigenvalue weighted by molar-refractivity contribution is -0.135. The molecule has 0 aliphatic heterocycles. The molecule has 1 aromatic heterocycles. The normalized spacial score (nSPS) is 11.4. The molecule has 0 fully saturated rings. The third-order valence-corrected chi connectivity index (χ3v) is 6.64. The zero-order chi connectivity index (χ0) is 27.5. The summed E-state index contributed by atoms with van der Waals surface area (Å²) in [6.07, 6.45) is 7.17. The minimum absolute atomic E-state index is 0.00654. The summed E-state index contributed by atoms with van der Waals surface area (Å²) < 4.78 is 1.78. The number of benzene rings is 2. The predicted molar refractivity (Wildman–Crippen MR) is 155 cm³/mol. The standard InChI is InChI=1S/C32H44N4O2/c1-6-7-8-9-10-14-20-31(38)35(23-26-17-12-11-13-18-26)24-30(37)33-29-22-28(32(3,4)5)34-36(29)27-19-15-16-25(2)21-27/h11-13,15-19,21-22H,6-10,14,20,23-24H2,1-5H3,(H,33,37). The van der Waals surface area contributed by atoms with Gasteiger partial charge in [0, 0.05) is 24.4 Å². The van der Waals surface area contributed by atoms with E-state index in [0.29, 0.717) is 18.8 Å². The number of amides is 2. The van der Waals surface area contributed by atoms with Crippen molar-refractivity contribution < 1.29 is 9.59 Å². The SMILES string of the molecule is CCCCCCCCC(=O)N(CC(=O)Nc1cc(C(C)(C)C)nn1-c1cccc(C)c1)Cc1ccccc1. The van der Waals surface area contributed by atoms with E-state index in [9.17, 15) is 9.59 Å². The van der Waals surface area contributed by atoms with E-state index in [1.807, 2.05) is 67.6 Å². The Bertz CT molecular complexity index is 1180. The maximum Gasteiger partial charge on any atom is 0.245 e. The summed E-state index contributed by atoms with van der Waals surface area (Å²) in [6, 6.07) is 19.8. The van der Waals surface area contributed by atoms with Crippen LogP contribution in [0.15, 0.2) is 60.7 Å². The zero-order valence-electron chi connectivity index (χ0n) is 23.8. The Morgan fingerprint density at radius 1 is 0.921 bits per heavy atom. The molecule has 0 radical (unpaired) electrons. The van der Waals surface area contributed by atoms with Gasteiger partial charge in [-0.2, -0.15) is 5.10 Å². The van der Waals surface area contributed by atoms with Gasteiger partial charge in [-0.3, -0.25) is 9.59 Å². The summed E-state index contributed by atoms with van der Waals surface area (Å²) in [5, 5.41) is 7.87. The minimum Gasteiger partial charge on any atom is -0.329 e. The summed E-state index contributed by atoms with van der Waals surface area (Å²) in [4.78, 5) is 28.2. The summed E-state index contributed by atoms with van der Waals surface area (Å²) in [5.74, 6) is 0.391. The largest absolute Gasteiger partial charge is 0.329 e. The highest BCUT2D eigenvalue weighted by molar-refractivity contribution is 5.94. The van der Waals surface area contributed by atoms with E-state index in [2.05, 4.69) is 33.0 Å². The van der Waals surface area contributed by atoms with Crippen molar-refractivity contribution in [1.29, 1.82) is 0 Å². The predicted octanol–water partition coefficient (Wildman–Crippen LogP) is 7.20. The molecule has 204 valence electrons. The molecule has 1 N–H and O–H groups in total. The first-order chi connectivity index (χ1) is 18.2. The number of anilines is 1. The van der Waals surface area contributed by atoms with Crippen LogP contribution in [0.5, 0.6) is 0 Å². The molecule has 0 bridgehead atoms. The maximum atomic E-state index is 13.3. The van der Waals surface area contributed by atoms with Crippen molar-refractivity contribution in [2.45, 2.75) is 91.5 Å². The Hall–Kier alpha value is -3.41. The van der Waals surface area contributed by atoms with E-state index < -0.39 is 0 Å². The van der Waals surface area contributed by atoms with Gasteiger partial charge in [0.05, 0.1) is 11.4 Å². The summed E-state index contributed by atoms with van der Waals surface area (Å²) in [7, 11) is 0. The van der Waals surface area contributed by atoms with Crippen molar-refractivity contribution >= 4 is 17.6 Å². The molecule has 3 aromatic rings. The van der Waals surface area contributed by atoms with Crippen molar-refractivity contribution in [3.05, 3.63) is 77.5 Å². The van der Waals surface area contributed by atoms with Crippen LogP contribution in [0.4, 0.5) is 5.82 Å². The first-order valence-electron chi connectivity index (χ1n) is 14.0. The van der Waals surface area contributed by atoms with E-state index >= 15 is 0 Å². The molecule has 0 unspecified atom stereocenters. The lowest BCUT2D eigenvalue weighted by Gasteiger charge is -2.22. The molecular weight excluding hydrogens is 472 g/mol. The third kappa shape index (κ3) is 8.86. The van der Waals surface area contributed by atoms with Crippen LogP contribution in [-0.4, -0.2) is 33.0 Å². The Morgan fingerprint density at radius 2 is 1.63 bits per heavy atom. The molecule has 0 saturated carbocycles. The van der Waals surface area contributed by atoms with Gasteiger partial charge in [0.1, 0.15) is 12.4 Å². The van der Waals surface area contributed by atoms with Gasteiger partial charge in [-0.25, -0.2) is 4.68 Å². The quantitative estimate of drug-likeness (QED) is 0.244. The summed E-state index contributed by atoms with van der Waals surface area (Å²) >= 11 is 0. The minimum atomic E-state index is -0.230. The van der Waals surface area contributed by atoms with Gasteiger partial charge >= 0.3 is 0 Å². The molecule has 0 aliphatic rings. The Labute approximate surface area is 228 Å². The molecule has 0 spiro atoms. The highest BCUT2D eigenvalue weighted by Gasteiger charge is 2.23. The van der Waals surface area contributed by atoms with Crippen LogP contribution in [0.2, 0.25) is 0 Å². The first kappa shape index (κ1) is 29.2. The number of unbranched alkanes of at least 4 members (excludes halogenated alkanes) is 5. The van der Waals surface area contributed by atoms with Crippen molar-refractivity contribution in [3.63, 3.8) is 0 Å². The molecule has 1 heterocycles. The number of carbonyl (C=O) groups excluding carboxylic acids is 2. The molecule has 0 saturated heterocycles. The molecular formula is C32H44N4O2. The monoisotopic (exact) mass is 516 g/mol. The van der Waals surface area contributed by atoms with E-state index in [1.54, 1.807) is 9.58 Å². The third-order valence-electron chi connectivity index (χ3n) is 6.64. The number of nitrogens with zero attached hydrogens (tertiary/aromatic N) is 3. The summed E-state index contributed by atoms with van der Waals surface area (Å²) in [6.45, 7) is 10.9. The highest BCUT2D eigenvalue weighted by atomic mass is 16.2. The maximum absolute atomic E-state index is 13.3. The first-order valence-corrected chi connectivity index (χ1v) is 14.0. The van der Waals surface area contributed by atoms with E-state index in [0.717, 1.165) is 41.8 Å². The second-order valence-electron chi connectivity index (χ2n) is 11.2. The molecule has 2 aromatic carbocycles. The van der Waals surface area contributed by atoms with Crippen LogP contribution >= 0.6 is 0 Å². The number of aromatic nitrogens is 2. The fourth-order valence-electron chi connectivity index (χ4n) is 4.40. The van der Waals surface area contributed by atoms with E-state index in [4.69, 9.17) is 5.10 Å². The number of hydrogen-bond donors (Lipinski definition) is 1. The Kier molecular flexibility index (Phi) is 10.7. The fourth-order valence-corrected chi connectivity index (χ4v) is 4.40. The van der Waals surface area contributed by atoms with Gasteiger partial charge in [0.25, 0.3) is 0 Å².